The van der Waals surface area contributed by atoms with E-state index in [-0.39, 0.29) is 0 Å². The first-order valence-electron chi connectivity index (χ1n) is 9.57. The second-order valence-electron chi connectivity index (χ2n) is 7.17. The third-order valence-electron chi connectivity index (χ3n) is 5.01. The van der Waals surface area contributed by atoms with Crippen molar-refractivity contribution in [3.63, 3.8) is 0 Å². The maximum atomic E-state index is 4.75. The van der Waals surface area contributed by atoms with Gasteiger partial charge in [-0.15, -0.1) is 0 Å². The normalized spacial score (nSPS) is 16.4. The van der Waals surface area contributed by atoms with Crippen LogP contribution in [0.4, 0.5) is 11.6 Å². The van der Waals surface area contributed by atoms with Crippen LogP contribution in [0.1, 0.15) is 12.6 Å². The van der Waals surface area contributed by atoms with E-state index in [1.165, 1.54) is 0 Å². The van der Waals surface area contributed by atoms with E-state index in [2.05, 4.69) is 38.1 Å². The van der Waals surface area contributed by atoms with Crippen molar-refractivity contribution in [3.05, 3.63) is 54.4 Å². The highest BCUT2D eigenvalue weighted by Crippen LogP contribution is 2.17. The number of piperazine rings is 1. The number of nitrogens with zero attached hydrogens (tertiary/aromatic N) is 5. The fourth-order valence-electron chi connectivity index (χ4n) is 3.59. The average Bonchev–Trinajstić information content (AvgIpc) is 2.70. The van der Waals surface area contributed by atoms with Gasteiger partial charge in [0, 0.05) is 45.0 Å². The van der Waals surface area contributed by atoms with E-state index >= 15 is 0 Å². The van der Waals surface area contributed by atoms with Gasteiger partial charge < -0.3 is 10.2 Å². The van der Waals surface area contributed by atoms with Gasteiger partial charge in [0.2, 0.25) is 0 Å². The standard InChI is InChI=1S/C21H26N6/c1-16(23-21-17(2)24-18-7-3-4-8-19(18)25-21)15-26-11-13-27(14-12-26)20-9-5-6-10-22-20/h3-10,16H,11-15H2,1-2H3,(H,23,25). The molecule has 1 fully saturated rings. The zero-order valence-electron chi connectivity index (χ0n) is 16.0. The van der Waals surface area contributed by atoms with E-state index in [1.54, 1.807) is 0 Å². The molecule has 1 aromatic carbocycles. The number of fused-ring (bicyclic) bond motifs is 1. The number of aryl methyl sites for hydroxylation is 1. The molecule has 3 aromatic rings. The van der Waals surface area contributed by atoms with Crippen LogP contribution in [0, 0.1) is 6.92 Å². The fraction of sp³-hybridized carbons (Fsp3) is 0.381. The van der Waals surface area contributed by atoms with Crippen molar-refractivity contribution in [2.45, 2.75) is 19.9 Å². The van der Waals surface area contributed by atoms with Crippen molar-refractivity contribution < 1.29 is 0 Å². The molecule has 2 aromatic heterocycles. The van der Waals surface area contributed by atoms with Crippen molar-refractivity contribution in [1.29, 1.82) is 0 Å². The van der Waals surface area contributed by atoms with Crippen LogP contribution < -0.4 is 10.2 Å². The number of aromatic nitrogens is 3. The van der Waals surface area contributed by atoms with Crippen LogP contribution in [0.3, 0.4) is 0 Å². The second-order valence-corrected chi connectivity index (χ2v) is 7.17. The van der Waals surface area contributed by atoms with Crippen LogP contribution in [0.15, 0.2) is 48.7 Å². The van der Waals surface area contributed by atoms with Crippen molar-refractivity contribution in [2.24, 2.45) is 0 Å². The van der Waals surface area contributed by atoms with Gasteiger partial charge in [-0.05, 0) is 38.1 Å². The molecule has 0 aliphatic carbocycles. The van der Waals surface area contributed by atoms with Crippen molar-refractivity contribution >= 4 is 22.7 Å². The van der Waals surface area contributed by atoms with Crippen LogP contribution >= 0.6 is 0 Å². The second kappa shape index (κ2) is 7.88. The summed E-state index contributed by atoms with van der Waals surface area (Å²) in [6.45, 7) is 9.33. The number of pyridine rings is 1. The van der Waals surface area contributed by atoms with Crippen LogP contribution in [0.2, 0.25) is 0 Å². The van der Waals surface area contributed by atoms with Crippen LogP contribution in [-0.4, -0.2) is 58.6 Å². The molecule has 0 radical (unpaired) electrons. The molecule has 0 bridgehead atoms. The summed E-state index contributed by atoms with van der Waals surface area (Å²) in [5.74, 6) is 1.96. The summed E-state index contributed by atoms with van der Waals surface area (Å²) in [5.41, 5.74) is 2.82. The minimum atomic E-state index is 0.306. The number of hydrogen-bond acceptors (Lipinski definition) is 6. The van der Waals surface area contributed by atoms with Gasteiger partial charge in [-0.25, -0.2) is 15.0 Å². The summed E-state index contributed by atoms with van der Waals surface area (Å²) in [5, 5.41) is 3.55. The largest absolute Gasteiger partial charge is 0.365 e. The molecule has 0 amide bonds. The Hall–Kier alpha value is -2.73. The molecule has 1 atom stereocenters. The zero-order valence-corrected chi connectivity index (χ0v) is 16.0. The lowest BCUT2D eigenvalue weighted by Gasteiger charge is -2.36. The lowest BCUT2D eigenvalue weighted by atomic mass is 10.2. The Morgan fingerprint density at radius 2 is 1.67 bits per heavy atom. The van der Waals surface area contributed by atoms with Gasteiger partial charge in [0.1, 0.15) is 11.6 Å². The Bertz CT molecular complexity index is 890. The number of para-hydroxylation sites is 2. The molecule has 140 valence electrons. The molecule has 27 heavy (non-hydrogen) atoms. The first kappa shape index (κ1) is 17.7. The van der Waals surface area contributed by atoms with E-state index < -0.39 is 0 Å². The highest BCUT2D eigenvalue weighted by atomic mass is 15.3. The number of anilines is 2. The molecule has 0 saturated carbocycles. The average molecular weight is 362 g/mol. The molecule has 3 heterocycles. The molecule has 1 saturated heterocycles. The van der Waals surface area contributed by atoms with Gasteiger partial charge in [0.05, 0.1) is 16.7 Å². The summed E-state index contributed by atoms with van der Waals surface area (Å²) in [6.07, 6.45) is 1.86. The molecule has 6 nitrogen and oxygen atoms in total. The predicted molar refractivity (Wildman–Crippen MR) is 110 cm³/mol. The molecular formula is C21H26N6. The van der Waals surface area contributed by atoms with E-state index in [0.29, 0.717) is 6.04 Å². The first-order valence-corrected chi connectivity index (χ1v) is 9.57. The maximum absolute atomic E-state index is 4.75. The van der Waals surface area contributed by atoms with Crippen molar-refractivity contribution in [1.82, 2.24) is 19.9 Å². The zero-order chi connectivity index (χ0) is 18.6. The molecule has 1 aliphatic rings. The molecule has 4 rings (SSSR count). The summed E-state index contributed by atoms with van der Waals surface area (Å²) < 4.78 is 0. The SMILES string of the molecule is Cc1nc2ccccc2nc1NC(C)CN1CCN(c2ccccn2)CC1. The van der Waals surface area contributed by atoms with Gasteiger partial charge in [0.15, 0.2) is 0 Å². The molecule has 1 aliphatic heterocycles. The summed E-state index contributed by atoms with van der Waals surface area (Å²) in [7, 11) is 0. The van der Waals surface area contributed by atoms with Gasteiger partial charge in [-0.1, -0.05) is 18.2 Å². The maximum Gasteiger partial charge on any atom is 0.148 e. The van der Waals surface area contributed by atoms with E-state index in [1.807, 2.05) is 49.5 Å². The highest BCUT2D eigenvalue weighted by Gasteiger charge is 2.19. The number of nitrogens with one attached hydrogen (secondary N) is 1. The van der Waals surface area contributed by atoms with Crippen LogP contribution in [-0.2, 0) is 0 Å². The Balaban J connectivity index is 1.34. The summed E-state index contributed by atoms with van der Waals surface area (Å²) in [4.78, 5) is 18.7. The Labute approximate surface area is 160 Å². The third-order valence-corrected chi connectivity index (χ3v) is 5.01. The molecule has 6 heteroatoms. The first-order chi connectivity index (χ1) is 13.2. The molecule has 1 unspecified atom stereocenters. The van der Waals surface area contributed by atoms with Gasteiger partial charge in [-0.3, -0.25) is 4.90 Å². The van der Waals surface area contributed by atoms with Gasteiger partial charge in [-0.2, -0.15) is 0 Å². The van der Waals surface area contributed by atoms with Gasteiger partial charge >= 0.3 is 0 Å². The fourth-order valence-corrected chi connectivity index (χ4v) is 3.59. The van der Waals surface area contributed by atoms with E-state index in [4.69, 9.17) is 4.98 Å². The number of rotatable bonds is 5. The monoisotopic (exact) mass is 362 g/mol. The minimum absolute atomic E-state index is 0.306. The third kappa shape index (κ3) is 4.17. The van der Waals surface area contributed by atoms with Gasteiger partial charge in [0.25, 0.3) is 0 Å². The summed E-state index contributed by atoms with van der Waals surface area (Å²) >= 11 is 0. The predicted octanol–water partition coefficient (Wildman–Crippen LogP) is 2.96. The molecular weight excluding hydrogens is 336 g/mol. The Morgan fingerprint density at radius 3 is 2.37 bits per heavy atom. The lowest BCUT2D eigenvalue weighted by Crippen LogP contribution is -2.49. The van der Waals surface area contributed by atoms with E-state index in [0.717, 1.165) is 61.1 Å². The molecule has 1 N–H and O–H groups in total. The smallest absolute Gasteiger partial charge is 0.148 e. The minimum Gasteiger partial charge on any atom is -0.365 e. The van der Waals surface area contributed by atoms with E-state index in [9.17, 15) is 0 Å². The molecule has 0 spiro atoms. The topological polar surface area (TPSA) is 57.2 Å². The lowest BCUT2D eigenvalue weighted by molar-refractivity contribution is 0.250. The highest BCUT2D eigenvalue weighted by molar-refractivity contribution is 5.76. The Kier molecular flexibility index (Phi) is 5.16. The van der Waals surface area contributed by atoms with Crippen molar-refractivity contribution in [3.8, 4) is 0 Å². The van der Waals surface area contributed by atoms with Crippen molar-refractivity contribution in [2.75, 3.05) is 42.9 Å². The quantitative estimate of drug-likeness (QED) is 0.753. The van der Waals surface area contributed by atoms with Crippen LogP contribution in [0.5, 0.6) is 0 Å². The Morgan fingerprint density at radius 1 is 0.963 bits per heavy atom. The number of hydrogen-bond donors (Lipinski definition) is 1. The number of benzene rings is 1. The summed E-state index contributed by atoms with van der Waals surface area (Å²) in [6, 6.07) is 14.4. The van der Waals surface area contributed by atoms with Crippen LogP contribution in [0.25, 0.3) is 11.0 Å².